The number of carbonyl (C=O) groups excluding carboxylic acids is 1. The van der Waals surface area contributed by atoms with Gasteiger partial charge in [-0.2, -0.15) is 0 Å². The lowest BCUT2D eigenvalue weighted by Crippen LogP contribution is -2.47. The van der Waals surface area contributed by atoms with E-state index in [9.17, 15) is 4.79 Å². The first kappa shape index (κ1) is 28.6. The molecule has 0 unspecified atom stereocenters. The topological polar surface area (TPSA) is 38.8 Å². The van der Waals surface area contributed by atoms with E-state index in [2.05, 4.69) is 52.6 Å². The molecule has 0 saturated heterocycles. The number of benzene rings is 1. The molecule has 1 saturated carbocycles. The Balaban J connectivity index is 2.11. The van der Waals surface area contributed by atoms with Crippen LogP contribution in [0.15, 0.2) is 43.0 Å². The largest absolute Gasteiger partial charge is 0.444 e. The molecule has 34 heavy (non-hydrogen) atoms. The van der Waals surface area contributed by atoms with E-state index in [-0.39, 0.29) is 17.2 Å². The Bertz CT molecular complexity index is 771. The van der Waals surface area contributed by atoms with Gasteiger partial charge in [-0.25, -0.2) is 4.79 Å². The maximum Gasteiger partial charge on any atom is 0.410 e. The van der Waals surface area contributed by atoms with E-state index in [1.54, 1.807) is 0 Å². The lowest BCUT2D eigenvalue weighted by atomic mass is 9.77. The van der Waals surface area contributed by atoms with Gasteiger partial charge in [-0.15, -0.1) is 6.58 Å². The minimum atomic E-state index is -1.72. The molecule has 5 heteroatoms. The fourth-order valence-electron chi connectivity index (χ4n) is 4.45. The summed E-state index contributed by atoms with van der Waals surface area (Å²) >= 11 is 0. The lowest BCUT2D eigenvalue weighted by molar-refractivity contribution is 0.00251. The van der Waals surface area contributed by atoms with Crippen molar-refractivity contribution in [3.63, 3.8) is 0 Å². The zero-order valence-electron chi connectivity index (χ0n) is 23.0. The highest BCUT2D eigenvalue weighted by Gasteiger charge is 2.39. The van der Waals surface area contributed by atoms with Crippen molar-refractivity contribution in [2.45, 2.75) is 110 Å². The summed E-state index contributed by atoms with van der Waals surface area (Å²) in [5, 5.41) is 0.241. The fourth-order valence-corrected chi connectivity index (χ4v) is 5.53. The summed E-state index contributed by atoms with van der Waals surface area (Å²) in [4.78, 5) is 15.3. The Morgan fingerprint density at radius 2 is 1.68 bits per heavy atom. The number of nitrogens with zero attached hydrogens (tertiary/aromatic N) is 1. The molecular weight excluding hydrogens is 438 g/mol. The Hall–Kier alpha value is -1.59. The molecule has 1 aromatic rings. The average Bonchev–Trinajstić information content (AvgIpc) is 2.74. The first-order chi connectivity index (χ1) is 15.7. The second-order valence-corrected chi connectivity index (χ2v) is 17.3. The lowest BCUT2D eigenvalue weighted by Gasteiger charge is -2.41. The highest BCUT2D eigenvalue weighted by atomic mass is 28.4. The smallest absolute Gasteiger partial charge is 0.410 e. The van der Waals surface area contributed by atoms with Crippen LogP contribution in [0.25, 0.3) is 0 Å². The van der Waals surface area contributed by atoms with E-state index in [1.165, 1.54) is 0 Å². The number of amides is 1. The SMILES string of the molecule is C=CC[C@H](C1CCC(CO[Si](C)(C)C(C)(C)C)CC1)N(Cc1ccccc1)C(=O)OC(C)(C)C. The van der Waals surface area contributed by atoms with E-state index in [0.29, 0.717) is 18.4 Å². The van der Waals surface area contributed by atoms with E-state index in [1.807, 2.05) is 49.9 Å². The van der Waals surface area contributed by atoms with Gasteiger partial charge in [0.05, 0.1) is 0 Å². The third kappa shape index (κ3) is 8.57. The zero-order valence-corrected chi connectivity index (χ0v) is 24.0. The molecule has 192 valence electrons. The van der Waals surface area contributed by atoms with Gasteiger partial charge in [0.25, 0.3) is 0 Å². The minimum absolute atomic E-state index is 0.0924. The van der Waals surface area contributed by atoms with Crippen molar-refractivity contribution >= 4 is 14.4 Å². The van der Waals surface area contributed by atoms with Gasteiger partial charge in [-0.05, 0) is 88.4 Å². The van der Waals surface area contributed by atoms with Gasteiger partial charge in [-0.1, -0.05) is 57.2 Å². The Kier molecular flexibility index (Phi) is 10.0. The maximum absolute atomic E-state index is 13.3. The summed E-state index contributed by atoms with van der Waals surface area (Å²) in [5.74, 6) is 1.05. The summed E-state index contributed by atoms with van der Waals surface area (Å²) in [6, 6.07) is 10.3. The predicted octanol–water partition coefficient (Wildman–Crippen LogP) is 8.20. The van der Waals surface area contributed by atoms with Crippen molar-refractivity contribution in [2.24, 2.45) is 11.8 Å². The third-order valence-electron chi connectivity index (χ3n) is 7.55. The van der Waals surface area contributed by atoms with Crippen LogP contribution in [0.2, 0.25) is 18.1 Å². The molecule has 0 bridgehead atoms. The number of carbonyl (C=O) groups is 1. The van der Waals surface area contributed by atoms with Crippen LogP contribution < -0.4 is 0 Å². The predicted molar refractivity (Wildman–Crippen MR) is 145 cm³/mol. The molecule has 0 aliphatic heterocycles. The van der Waals surface area contributed by atoms with Gasteiger partial charge in [0.1, 0.15) is 5.60 Å². The van der Waals surface area contributed by atoms with Crippen molar-refractivity contribution in [3.8, 4) is 0 Å². The summed E-state index contributed by atoms with van der Waals surface area (Å²) in [5.41, 5.74) is 0.600. The molecule has 1 amide bonds. The minimum Gasteiger partial charge on any atom is -0.444 e. The van der Waals surface area contributed by atoms with Gasteiger partial charge in [0.2, 0.25) is 0 Å². The van der Waals surface area contributed by atoms with Crippen molar-refractivity contribution in [1.82, 2.24) is 4.90 Å². The molecule has 0 radical (unpaired) electrons. The van der Waals surface area contributed by atoms with Crippen LogP contribution in [0.3, 0.4) is 0 Å². The molecule has 4 nitrogen and oxygen atoms in total. The molecule has 0 heterocycles. The Morgan fingerprint density at radius 1 is 1.09 bits per heavy atom. The Labute approximate surface area is 210 Å². The normalized spacial score (nSPS) is 20.5. The van der Waals surface area contributed by atoms with Crippen molar-refractivity contribution in [2.75, 3.05) is 6.61 Å². The molecule has 1 fully saturated rings. The summed E-state index contributed by atoms with van der Waals surface area (Å²) in [6.07, 6.45) is 7.03. The fraction of sp³-hybridized carbons (Fsp3) is 0.690. The molecule has 2 rings (SSSR count). The second-order valence-electron chi connectivity index (χ2n) is 12.5. The molecule has 1 aliphatic rings. The van der Waals surface area contributed by atoms with Gasteiger partial charge >= 0.3 is 6.09 Å². The summed E-state index contributed by atoms with van der Waals surface area (Å²) in [6.45, 7) is 22.8. The summed E-state index contributed by atoms with van der Waals surface area (Å²) < 4.78 is 12.4. The van der Waals surface area contributed by atoms with E-state index in [0.717, 1.165) is 44.3 Å². The monoisotopic (exact) mass is 487 g/mol. The van der Waals surface area contributed by atoms with E-state index in [4.69, 9.17) is 9.16 Å². The Morgan fingerprint density at radius 3 is 2.18 bits per heavy atom. The number of rotatable bonds is 9. The van der Waals surface area contributed by atoms with E-state index < -0.39 is 13.9 Å². The standard InChI is InChI=1S/C29H49NO3Si/c1-10-14-26(25-19-17-24(18-20-25)22-32-34(8,9)29(5,6)7)30(27(31)33-28(2,3)4)21-23-15-12-11-13-16-23/h10-13,15-16,24-26H,1,14,17-22H2,2-9H3/t24?,25?,26-/m1/s1. The van der Waals surface area contributed by atoms with E-state index >= 15 is 0 Å². The zero-order chi connectivity index (χ0) is 25.6. The van der Waals surface area contributed by atoms with Crippen LogP contribution in [0.5, 0.6) is 0 Å². The molecule has 0 N–H and O–H groups in total. The second kappa shape index (κ2) is 11.9. The van der Waals surface area contributed by atoms with Crippen LogP contribution in [0, 0.1) is 11.8 Å². The highest BCUT2D eigenvalue weighted by Crippen LogP contribution is 2.39. The van der Waals surface area contributed by atoms with Crippen LogP contribution in [-0.2, 0) is 15.7 Å². The van der Waals surface area contributed by atoms with Crippen LogP contribution in [-0.4, -0.2) is 37.6 Å². The average molecular weight is 488 g/mol. The highest BCUT2D eigenvalue weighted by molar-refractivity contribution is 6.74. The van der Waals surface area contributed by atoms with Crippen molar-refractivity contribution in [3.05, 3.63) is 48.6 Å². The molecule has 1 aliphatic carbocycles. The van der Waals surface area contributed by atoms with Gasteiger partial charge in [-0.3, -0.25) is 0 Å². The quantitative estimate of drug-likeness (QED) is 0.260. The summed E-state index contributed by atoms with van der Waals surface area (Å²) in [7, 11) is -1.72. The molecule has 1 atom stereocenters. The number of hydrogen-bond donors (Lipinski definition) is 0. The van der Waals surface area contributed by atoms with Gasteiger partial charge in [0.15, 0.2) is 8.32 Å². The van der Waals surface area contributed by atoms with Crippen LogP contribution >= 0.6 is 0 Å². The first-order valence-corrected chi connectivity index (χ1v) is 15.9. The van der Waals surface area contributed by atoms with Crippen molar-refractivity contribution in [1.29, 1.82) is 0 Å². The number of hydrogen-bond acceptors (Lipinski definition) is 3. The first-order valence-electron chi connectivity index (χ1n) is 13.0. The molecule has 0 aromatic heterocycles. The number of ether oxygens (including phenoxy) is 1. The van der Waals surface area contributed by atoms with Crippen LogP contribution in [0.4, 0.5) is 4.79 Å². The molecule has 0 spiro atoms. The van der Waals surface area contributed by atoms with Crippen LogP contribution in [0.1, 0.15) is 79.2 Å². The molecular formula is C29H49NO3Si. The maximum atomic E-state index is 13.3. The van der Waals surface area contributed by atoms with Gasteiger partial charge < -0.3 is 14.1 Å². The van der Waals surface area contributed by atoms with Crippen molar-refractivity contribution < 1.29 is 14.0 Å². The third-order valence-corrected chi connectivity index (χ3v) is 12.1. The molecule has 1 aromatic carbocycles. The van der Waals surface area contributed by atoms with Gasteiger partial charge in [0, 0.05) is 19.2 Å².